The minimum absolute atomic E-state index is 0.173. The maximum Gasteiger partial charge on any atom is 0.251 e. The van der Waals surface area contributed by atoms with Crippen molar-refractivity contribution < 1.29 is 4.79 Å². The van der Waals surface area contributed by atoms with Gasteiger partial charge >= 0.3 is 0 Å². The smallest absolute Gasteiger partial charge is 0.251 e. The van der Waals surface area contributed by atoms with Crippen LogP contribution in [0.3, 0.4) is 0 Å². The number of carbonyl (C=O) groups is 1. The molecule has 0 fully saturated rings. The van der Waals surface area contributed by atoms with Gasteiger partial charge in [0, 0.05) is 17.8 Å². The molecular formula is C13H14N4O. The van der Waals surface area contributed by atoms with Crippen LogP contribution in [0, 0.1) is 13.8 Å². The van der Waals surface area contributed by atoms with Crippen LogP contribution < -0.4 is 0 Å². The molecule has 0 saturated heterocycles. The van der Waals surface area contributed by atoms with E-state index in [1.807, 2.05) is 19.9 Å². The third-order valence-corrected chi connectivity index (χ3v) is 3.15. The van der Waals surface area contributed by atoms with Crippen molar-refractivity contribution in [3.8, 4) is 5.95 Å². The number of aromatic nitrogens is 4. The predicted molar refractivity (Wildman–Crippen MR) is 65.9 cm³/mol. The molecule has 0 aromatic carbocycles. The second-order valence-corrected chi connectivity index (χ2v) is 4.64. The Labute approximate surface area is 105 Å². The van der Waals surface area contributed by atoms with Crippen molar-refractivity contribution in [2.45, 2.75) is 33.1 Å². The Hall–Kier alpha value is -2.04. The quantitative estimate of drug-likeness (QED) is 0.765. The summed E-state index contributed by atoms with van der Waals surface area (Å²) in [6.45, 7) is 3.86. The molecule has 0 aliphatic heterocycles. The molecule has 2 heterocycles. The van der Waals surface area contributed by atoms with Gasteiger partial charge in [0.2, 0.25) is 0 Å². The van der Waals surface area contributed by atoms with Crippen LogP contribution in [0.25, 0.3) is 5.95 Å². The Morgan fingerprint density at radius 2 is 1.89 bits per heavy atom. The van der Waals surface area contributed by atoms with E-state index >= 15 is 0 Å². The molecule has 2 aromatic rings. The zero-order valence-electron chi connectivity index (χ0n) is 10.5. The number of fused-ring (bicyclic) bond motifs is 1. The lowest BCUT2D eigenvalue weighted by Gasteiger charge is -2.12. The Balaban J connectivity index is 2.15. The van der Waals surface area contributed by atoms with E-state index in [2.05, 4.69) is 15.1 Å². The van der Waals surface area contributed by atoms with Gasteiger partial charge in [-0.3, -0.25) is 4.79 Å². The van der Waals surface area contributed by atoms with Crippen LogP contribution in [0.4, 0.5) is 0 Å². The predicted octanol–water partition coefficient (Wildman–Crippen LogP) is 1.80. The minimum atomic E-state index is 0.173. The Morgan fingerprint density at radius 1 is 1.17 bits per heavy atom. The number of hydrogen-bond acceptors (Lipinski definition) is 4. The highest BCUT2D eigenvalue weighted by Gasteiger charge is 2.23. The summed E-state index contributed by atoms with van der Waals surface area (Å²) < 4.78 is 1.70. The summed E-state index contributed by atoms with van der Waals surface area (Å²) in [6.07, 6.45) is 3.99. The molecule has 5 nitrogen and oxygen atoms in total. The topological polar surface area (TPSA) is 60.7 Å². The van der Waals surface area contributed by atoms with Crippen molar-refractivity contribution in [3.63, 3.8) is 0 Å². The summed E-state index contributed by atoms with van der Waals surface area (Å²) >= 11 is 0. The lowest BCUT2D eigenvalue weighted by Crippen LogP contribution is -2.14. The van der Waals surface area contributed by atoms with Crippen molar-refractivity contribution in [3.05, 3.63) is 34.9 Å². The zero-order chi connectivity index (χ0) is 12.7. The second-order valence-electron chi connectivity index (χ2n) is 4.64. The number of hydrogen-bond donors (Lipinski definition) is 0. The summed E-state index contributed by atoms with van der Waals surface area (Å²) in [6, 6.07) is 1.92. The molecule has 0 bridgehead atoms. The van der Waals surface area contributed by atoms with Gasteiger partial charge in [-0.2, -0.15) is 5.10 Å². The van der Waals surface area contributed by atoms with E-state index < -0.39 is 0 Å². The van der Waals surface area contributed by atoms with E-state index in [4.69, 9.17) is 0 Å². The lowest BCUT2D eigenvalue weighted by atomic mass is 9.97. The monoisotopic (exact) mass is 242 g/mol. The summed E-state index contributed by atoms with van der Waals surface area (Å²) in [5.74, 6) is 0.732. The standard InChI is InChI=1S/C13H14N4O/c1-8-6-9(2)16-13(15-8)17-11-4-3-5-12(18)10(11)7-14-17/h6-7H,3-5H2,1-2H3. The molecule has 18 heavy (non-hydrogen) atoms. The van der Waals surface area contributed by atoms with E-state index in [0.29, 0.717) is 12.4 Å². The molecule has 92 valence electrons. The molecule has 1 aliphatic rings. The van der Waals surface area contributed by atoms with Gasteiger partial charge in [0.05, 0.1) is 17.5 Å². The summed E-state index contributed by atoms with van der Waals surface area (Å²) in [7, 11) is 0. The van der Waals surface area contributed by atoms with Crippen LogP contribution in [-0.2, 0) is 6.42 Å². The Bertz CT molecular complexity index is 610. The van der Waals surface area contributed by atoms with Gasteiger partial charge in [-0.05, 0) is 32.8 Å². The van der Waals surface area contributed by atoms with Crippen LogP contribution in [-0.4, -0.2) is 25.5 Å². The first-order chi connectivity index (χ1) is 8.65. The molecule has 0 atom stereocenters. The highest BCUT2D eigenvalue weighted by Crippen LogP contribution is 2.22. The van der Waals surface area contributed by atoms with Gasteiger partial charge in [0.15, 0.2) is 5.78 Å². The minimum Gasteiger partial charge on any atom is -0.294 e. The summed E-state index contributed by atoms with van der Waals surface area (Å²) in [4.78, 5) is 20.5. The lowest BCUT2D eigenvalue weighted by molar-refractivity contribution is 0.0972. The zero-order valence-corrected chi connectivity index (χ0v) is 10.5. The molecule has 3 rings (SSSR count). The van der Waals surface area contributed by atoms with E-state index in [9.17, 15) is 4.79 Å². The van der Waals surface area contributed by atoms with Crippen LogP contribution in [0.5, 0.6) is 0 Å². The molecule has 5 heteroatoms. The summed E-state index contributed by atoms with van der Waals surface area (Å²) in [5, 5.41) is 4.27. The van der Waals surface area contributed by atoms with Gasteiger partial charge in [-0.1, -0.05) is 0 Å². The van der Waals surface area contributed by atoms with Gasteiger partial charge in [-0.25, -0.2) is 14.6 Å². The Kier molecular flexibility index (Phi) is 2.47. The number of nitrogens with zero attached hydrogens (tertiary/aromatic N) is 4. The van der Waals surface area contributed by atoms with Crippen molar-refractivity contribution >= 4 is 5.78 Å². The maximum absolute atomic E-state index is 11.8. The molecule has 0 amide bonds. The molecule has 0 spiro atoms. The average Bonchev–Trinajstić information content (AvgIpc) is 2.73. The van der Waals surface area contributed by atoms with Crippen LogP contribution >= 0.6 is 0 Å². The largest absolute Gasteiger partial charge is 0.294 e. The molecule has 0 unspecified atom stereocenters. The molecule has 0 radical (unpaired) electrons. The van der Waals surface area contributed by atoms with E-state index in [1.54, 1.807) is 10.9 Å². The highest BCUT2D eigenvalue weighted by molar-refractivity contribution is 5.97. The number of aryl methyl sites for hydroxylation is 2. The fourth-order valence-electron chi connectivity index (χ4n) is 2.37. The van der Waals surface area contributed by atoms with Crippen LogP contribution in [0.1, 0.15) is 40.3 Å². The number of rotatable bonds is 1. The first-order valence-electron chi connectivity index (χ1n) is 6.08. The third-order valence-electron chi connectivity index (χ3n) is 3.15. The van der Waals surface area contributed by atoms with Crippen LogP contribution in [0.15, 0.2) is 12.3 Å². The van der Waals surface area contributed by atoms with Gasteiger partial charge < -0.3 is 0 Å². The molecule has 0 N–H and O–H groups in total. The maximum atomic E-state index is 11.8. The fourth-order valence-corrected chi connectivity index (χ4v) is 2.37. The van der Waals surface area contributed by atoms with E-state index in [-0.39, 0.29) is 5.78 Å². The second kappa shape index (κ2) is 4.01. The number of carbonyl (C=O) groups excluding carboxylic acids is 1. The van der Waals surface area contributed by atoms with Crippen LogP contribution in [0.2, 0.25) is 0 Å². The van der Waals surface area contributed by atoms with Gasteiger partial charge in [0.25, 0.3) is 5.95 Å². The normalized spacial score (nSPS) is 14.7. The number of ketones is 1. The summed E-state index contributed by atoms with van der Waals surface area (Å²) in [5.41, 5.74) is 3.48. The first kappa shape index (κ1) is 11.1. The first-order valence-corrected chi connectivity index (χ1v) is 6.08. The van der Waals surface area contributed by atoms with E-state index in [1.165, 1.54) is 0 Å². The third kappa shape index (κ3) is 1.72. The molecule has 0 saturated carbocycles. The van der Waals surface area contributed by atoms with Crippen molar-refractivity contribution in [1.82, 2.24) is 19.7 Å². The number of Topliss-reactive ketones (excluding diaryl/α,β-unsaturated/α-hetero) is 1. The average molecular weight is 242 g/mol. The SMILES string of the molecule is Cc1cc(C)nc(-n2ncc3c2CCCC3=O)n1. The highest BCUT2D eigenvalue weighted by atomic mass is 16.1. The van der Waals surface area contributed by atoms with Crippen molar-refractivity contribution in [2.24, 2.45) is 0 Å². The van der Waals surface area contributed by atoms with Crippen molar-refractivity contribution in [2.75, 3.05) is 0 Å². The van der Waals surface area contributed by atoms with Gasteiger partial charge in [0.1, 0.15) is 0 Å². The Morgan fingerprint density at radius 3 is 2.61 bits per heavy atom. The van der Waals surface area contributed by atoms with E-state index in [0.717, 1.165) is 35.5 Å². The van der Waals surface area contributed by atoms with Gasteiger partial charge in [-0.15, -0.1) is 0 Å². The molecular weight excluding hydrogens is 228 g/mol. The fraction of sp³-hybridized carbons (Fsp3) is 0.385. The molecule has 2 aromatic heterocycles. The molecule has 1 aliphatic carbocycles. The van der Waals surface area contributed by atoms with Crippen molar-refractivity contribution in [1.29, 1.82) is 0 Å².